The van der Waals surface area contributed by atoms with Gasteiger partial charge in [-0.2, -0.15) is 18.4 Å². The average molecular weight is 372 g/mol. The highest BCUT2D eigenvalue weighted by atomic mass is 19.4. The second-order valence-corrected chi connectivity index (χ2v) is 6.35. The minimum Gasteiger partial charge on any atom is -0.382 e. The number of nitrogens with one attached hydrogen (secondary N) is 1. The fraction of sp³-hybridized carbons (Fsp3) is 0.318. The van der Waals surface area contributed by atoms with Crippen LogP contribution in [0.3, 0.4) is 0 Å². The van der Waals surface area contributed by atoms with Gasteiger partial charge < -0.3 is 5.32 Å². The molecule has 0 saturated heterocycles. The summed E-state index contributed by atoms with van der Waals surface area (Å²) in [6, 6.07) is 5.01. The van der Waals surface area contributed by atoms with Gasteiger partial charge in [0.2, 0.25) is 0 Å². The zero-order chi connectivity index (χ0) is 19.7. The van der Waals surface area contributed by atoms with E-state index < -0.39 is 11.7 Å². The summed E-state index contributed by atoms with van der Waals surface area (Å²) < 4.78 is 37.6. The Morgan fingerprint density at radius 1 is 1.19 bits per heavy atom. The molecule has 1 N–H and O–H groups in total. The molecule has 2 aliphatic rings. The number of nitriles is 1. The van der Waals surface area contributed by atoms with Crippen LogP contribution in [0.1, 0.15) is 43.2 Å². The number of anilines is 1. The summed E-state index contributed by atoms with van der Waals surface area (Å²) in [5, 5.41) is 11.3. The number of alkyl halides is 3. The van der Waals surface area contributed by atoms with E-state index in [9.17, 15) is 13.2 Å². The van der Waals surface area contributed by atoms with Crippen LogP contribution in [0.2, 0.25) is 0 Å². The van der Waals surface area contributed by atoms with Crippen molar-refractivity contribution in [1.82, 2.24) is 0 Å². The molecule has 0 amide bonds. The van der Waals surface area contributed by atoms with Gasteiger partial charge in [0, 0.05) is 12.2 Å². The smallest absolute Gasteiger partial charge is 0.382 e. The molecule has 0 atom stereocenters. The summed E-state index contributed by atoms with van der Waals surface area (Å²) in [4.78, 5) is 0. The van der Waals surface area contributed by atoms with E-state index in [0.29, 0.717) is 12.2 Å². The van der Waals surface area contributed by atoms with Gasteiger partial charge in [-0.1, -0.05) is 36.0 Å². The van der Waals surface area contributed by atoms with E-state index in [1.54, 1.807) is 11.1 Å². The Kier molecular flexibility index (Phi) is 7.48. The summed E-state index contributed by atoms with van der Waals surface area (Å²) in [6.07, 6.45) is 12.5. The van der Waals surface area contributed by atoms with Crippen molar-refractivity contribution in [3.63, 3.8) is 0 Å². The number of allylic oxidation sites excluding steroid dienone is 6. The van der Waals surface area contributed by atoms with Crippen molar-refractivity contribution in [3.8, 4) is 6.07 Å². The molecule has 0 bridgehead atoms. The number of halogens is 3. The normalized spacial score (nSPS) is 18.1. The van der Waals surface area contributed by atoms with Crippen molar-refractivity contribution in [3.05, 3.63) is 77.4 Å². The average Bonchev–Trinajstić information content (AvgIpc) is 3.05. The molecule has 1 aromatic rings. The minimum absolute atomic E-state index is 0.311. The van der Waals surface area contributed by atoms with E-state index in [4.69, 9.17) is 5.26 Å². The summed E-state index contributed by atoms with van der Waals surface area (Å²) in [5.41, 5.74) is 2.34. The van der Waals surface area contributed by atoms with Crippen molar-refractivity contribution in [2.45, 2.75) is 38.3 Å². The molecule has 2 nitrogen and oxygen atoms in total. The third-order valence-electron chi connectivity index (χ3n) is 4.43. The van der Waals surface area contributed by atoms with Gasteiger partial charge in [-0.25, -0.2) is 0 Å². The first kappa shape index (κ1) is 20.6. The first-order chi connectivity index (χ1) is 13.0. The molecule has 0 aliphatic heterocycles. The first-order valence-corrected chi connectivity index (χ1v) is 8.96. The van der Waals surface area contributed by atoms with E-state index in [0.717, 1.165) is 12.1 Å². The van der Waals surface area contributed by atoms with Gasteiger partial charge in [0.05, 0.1) is 17.2 Å². The molecule has 0 radical (unpaired) electrons. The molecule has 0 heterocycles. The molecular weight excluding hydrogens is 349 g/mol. The van der Waals surface area contributed by atoms with E-state index >= 15 is 0 Å². The Labute approximate surface area is 158 Å². The Bertz CT molecular complexity index is 793. The molecule has 3 rings (SSSR count). The molecule has 5 heteroatoms. The lowest BCUT2D eigenvalue weighted by Crippen LogP contribution is -2.09. The van der Waals surface area contributed by atoms with E-state index in [-0.39, 0.29) is 5.56 Å². The molecule has 2 aliphatic carbocycles. The Hall–Kier alpha value is -2.74. The van der Waals surface area contributed by atoms with Gasteiger partial charge in [-0.3, -0.25) is 0 Å². The highest BCUT2D eigenvalue weighted by molar-refractivity contribution is 5.53. The second-order valence-electron chi connectivity index (χ2n) is 6.35. The minimum atomic E-state index is -4.52. The van der Waals surface area contributed by atoms with Crippen molar-refractivity contribution >= 4 is 5.69 Å². The maximum atomic E-state index is 12.5. The van der Waals surface area contributed by atoms with Crippen LogP contribution in [0.15, 0.2) is 66.3 Å². The fourth-order valence-corrected chi connectivity index (χ4v) is 3.10. The number of hydrogen-bond acceptors (Lipinski definition) is 2. The molecule has 27 heavy (non-hydrogen) atoms. The zero-order valence-corrected chi connectivity index (χ0v) is 15.1. The van der Waals surface area contributed by atoms with Crippen molar-refractivity contribution in [1.29, 1.82) is 5.26 Å². The van der Waals surface area contributed by atoms with Crippen LogP contribution in [0.25, 0.3) is 0 Å². The largest absolute Gasteiger partial charge is 0.417 e. The molecule has 142 valence electrons. The molecule has 0 aromatic heterocycles. The van der Waals surface area contributed by atoms with Crippen LogP contribution in [-0.4, -0.2) is 6.54 Å². The Balaban J connectivity index is 0.000000206. The van der Waals surface area contributed by atoms with Crippen LogP contribution < -0.4 is 5.32 Å². The van der Waals surface area contributed by atoms with Gasteiger partial charge in [0.15, 0.2) is 0 Å². The predicted molar refractivity (Wildman–Crippen MR) is 103 cm³/mol. The van der Waals surface area contributed by atoms with E-state index in [1.165, 1.54) is 50.3 Å². The monoisotopic (exact) mass is 372 g/mol. The third-order valence-corrected chi connectivity index (χ3v) is 4.43. The summed E-state index contributed by atoms with van der Waals surface area (Å²) in [5.74, 6) is 0. The fourth-order valence-electron chi connectivity index (χ4n) is 3.10. The molecule has 0 saturated carbocycles. The molecule has 1 aromatic carbocycles. The maximum absolute atomic E-state index is 12.5. The van der Waals surface area contributed by atoms with Crippen LogP contribution >= 0.6 is 0 Å². The SMILES string of the molecule is C1=C\CCC2=C(\C=C/1)CCC2.C=CCNc1ccc(C#N)c(C(F)(F)F)c1. The molecule has 0 spiro atoms. The second kappa shape index (κ2) is 9.82. The zero-order valence-electron chi connectivity index (χ0n) is 15.1. The van der Waals surface area contributed by atoms with Gasteiger partial charge in [0.1, 0.15) is 0 Å². The Morgan fingerprint density at radius 3 is 2.70 bits per heavy atom. The van der Waals surface area contributed by atoms with Gasteiger partial charge in [-0.15, -0.1) is 6.58 Å². The van der Waals surface area contributed by atoms with E-state index in [1.807, 2.05) is 0 Å². The predicted octanol–water partition coefficient (Wildman–Crippen LogP) is 6.55. The highest BCUT2D eigenvalue weighted by Crippen LogP contribution is 2.33. The topological polar surface area (TPSA) is 35.8 Å². The lowest BCUT2D eigenvalue weighted by atomic mass is 10.0. The van der Waals surface area contributed by atoms with Gasteiger partial charge in [0.25, 0.3) is 0 Å². The lowest BCUT2D eigenvalue weighted by molar-refractivity contribution is -0.137. The number of hydrogen-bond donors (Lipinski definition) is 1. The van der Waals surface area contributed by atoms with Crippen LogP contribution in [0.4, 0.5) is 18.9 Å². The number of rotatable bonds is 3. The van der Waals surface area contributed by atoms with Crippen LogP contribution in [0.5, 0.6) is 0 Å². The molecule has 0 fully saturated rings. The van der Waals surface area contributed by atoms with Crippen molar-refractivity contribution in [2.24, 2.45) is 0 Å². The summed E-state index contributed by atoms with van der Waals surface area (Å²) >= 11 is 0. The Morgan fingerprint density at radius 2 is 2.00 bits per heavy atom. The lowest BCUT2D eigenvalue weighted by Gasteiger charge is -2.11. The first-order valence-electron chi connectivity index (χ1n) is 8.96. The van der Waals surface area contributed by atoms with Crippen molar-refractivity contribution in [2.75, 3.05) is 11.9 Å². The summed E-state index contributed by atoms with van der Waals surface area (Å²) in [6.45, 7) is 3.81. The molecular formula is C22H23F3N2. The highest BCUT2D eigenvalue weighted by Gasteiger charge is 2.33. The van der Waals surface area contributed by atoms with Crippen molar-refractivity contribution < 1.29 is 13.2 Å². The third kappa shape index (κ3) is 6.18. The number of benzene rings is 1. The number of nitrogens with zero attached hydrogens (tertiary/aromatic N) is 1. The van der Waals surface area contributed by atoms with Crippen LogP contribution in [-0.2, 0) is 6.18 Å². The maximum Gasteiger partial charge on any atom is 0.417 e. The van der Waals surface area contributed by atoms with Gasteiger partial charge >= 0.3 is 6.18 Å². The van der Waals surface area contributed by atoms with Gasteiger partial charge in [-0.05, 0) is 55.9 Å². The standard InChI is InChI=1S/C11H9F3N2.C11H14/c1-2-5-16-9-4-3-8(7-15)10(6-9)11(12,13)14;1-2-4-7-11-9-5-8-10(11)6-3-1/h2-4,6,16H,1,5H2;1-3,6H,4-5,7-9H2/b;2-1-,6-3-. The van der Waals surface area contributed by atoms with E-state index in [2.05, 4.69) is 36.2 Å². The molecule has 0 unspecified atom stereocenters. The quantitative estimate of drug-likeness (QED) is 0.611. The summed E-state index contributed by atoms with van der Waals surface area (Å²) in [7, 11) is 0. The van der Waals surface area contributed by atoms with Crippen LogP contribution in [0, 0.1) is 11.3 Å².